The molecule has 1 aliphatic rings. The lowest BCUT2D eigenvalue weighted by atomic mass is 10.1. The van der Waals surface area contributed by atoms with E-state index in [-0.39, 0.29) is 30.3 Å². The molecule has 0 aromatic heterocycles. The molecule has 126 valence electrons. The maximum absolute atomic E-state index is 12.3. The van der Waals surface area contributed by atoms with Crippen LogP contribution in [0.2, 0.25) is 0 Å². The number of carbonyl (C=O) groups excluding carboxylic acids is 2. The molecule has 2 rings (SSSR count). The number of benzene rings is 1. The Morgan fingerprint density at radius 3 is 2.65 bits per heavy atom. The fraction of sp³-hybridized carbons (Fsp3) is 0.429. The number of primary amides is 1. The third-order valence-electron chi connectivity index (χ3n) is 3.51. The van der Waals surface area contributed by atoms with E-state index in [4.69, 9.17) is 5.73 Å². The van der Waals surface area contributed by atoms with Gasteiger partial charge in [0.05, 0.1) is 5.92 Å². The van der Waals surface area contributed by atoms with E-state index in [0.29, 0.717) is 13.0 Å². The van der Waals surface area contributed by atoms with Gasteiger partial charge < -0.3 is 20.7 Å². The SMILES string of the molecule is NC(=O)[C@@H]1CCN(C(=O)NCc2ccccc2OC(F)(F)F)C1. The predicted octanol–water partition coefficient (Wildman–Crippen LogP) is 1.60. The molecule has 6 nitrogen and oxygen atoms in total. The number of ether oxygens (including phenoxy) is 1. The Morgan fingerprint density at radius 2 is 2.04 bits per heavy atom. The first-order chi connectivity index (χ1) is 10.8. The molecule has 3 amide bonds. The van der Waals surface area contributed by atoms with Gasteiger partial charge in [0.2, 0.25) is 5.91 Å². The molecule has 0 unspecified atom stereocenters. The van der Waals surface area contributed by atoms with Crippen LogP contribution in [0, 0.1) is 5.92 Å². The second-order valence-electron chi connectivity index (χ2n) is 5.15. The molecule has 0 aliphatic carbocycles. The lowest BCUT2D eigenvalue weighted by Crippen LogP contribution is -2.39. The van der Waals surface area contributed by atoms with Crippen molar-refractivity contribution in [3.63, 3.8) is 0 Å². The van der Waals surface area contributed by atoms with Crippen molar-refractivity contribution in [1.29, 1.82) is 0 Å². The highest BCUT2D eigenvalue weighted by Crippen LogP contribution is 2.26. The zero-order valence-corrected chi connectivity index (χ0v) is 12.1. The van der Waals surface area contributed by atoms with Crippen LogP contribution in [0.15, 0.2) is 24.3 Å². The van der Waals surface area contributed by atoms with Crippen LogP contribution < -0.4 is 15.8 Å². The average molecular weight is 331 g/mol. The van der Waals surface area contributed by atoms with E-state index in [1.807, 2.05) is 0 Å². The van der Waals surface area contributed by atoms with Gasteiger partial charge in [-0.25, -0.2) is 4.79 Å². The summed E-state index contributed by atoms with van der Waals surface area (Å²) in [6, 6.07) is 5.09. The van der Waals surface area contributed by atoms with Crippen LogP contribution in [-0.2, 0) is 11.3 Å². The maximum Gasteiger partial charge on any atom is 0.573 e. The van der Waals surface area contributed by atoms with Crippen molar-refractivity contribution in [2.45, 2.75) is 19.3 Å². The molecule has 1 atom stereocenters. The van der Waals surface area contributed by atoms with Crippen LogP contribution in [0.3, 0.4) is 0 Å². The van der Waals surface area contributed by atoms with Gasteiger partial charge >= 0.3 is 12.4 Å². The van der Waals surface area contributed by atoms with E-state index in [1.54, 1.807) is 6.07 Å². The number of nitrogens with one attached hydrogen (secondary N) is 1. The van der Waals surface area contributed by atoms with Crippen molar-refractivity contribution >= 4 is 11.9 Å². The Balaban J connectivity index is 1.94. The van der Waals surface area contributed by atoms with Crippen molar-refractivity contribution in [3.8, 4) is 5.75 Å². The molecule has 1 aromatic carbocycles. The molecule has 23 heavy (non-hydrogen) atoms. The second-order valence-corrected chi connectivity index (χ2v) is 5.15. The number of likely N-dealkylation sites (tertiary alicyclic amines) is 1. The molecule has 0 spiro atoms. The van der Waals surface area contributed by atoms with Gasteiger partial charge in [-0.05, 0) is 12.5 Å². The third-order valence-corrected chi connectivity index (χ3v) is 3.51. The standard InChI is InChI=1S/C14H16F3N3O3/c15-14(16,17)23-11-4-2-1-3-9(11)7-19-13(22)20-6-5-10(8-20)12(18)21/h1-4,10H,5-8H2,(H2,18,21)(H,19,22)/t10-/m1/s1. The van der Waals surface area contributed by atoms with Gasteiger partial charge in [0.1, 0.15) is 5.75 Å². The van der Waals surface area contributed by atoms with E-state index in [0.717, 1.165) is 0 Å². The van der Waals surface area contributed by atoms with Crippen molar-refractivity contribution in [1.82, 2.24) is 10.2 Å². The molecule has 9 heteroatoms. The highest BCUT2D eigenvalue weighted by atomic mass is 19.4. The number of rotatable bonds is 4. The Bertz CT molecular complexity index is 592. The normalized spacial score (nSPS) is 17.9. The summed E-state index contributed by atoms with van der Waals surface area (Å²) >= 11 is 0. The Labute approximate surface area is 130 Å². The predicted molar refractivity (Wildman–Crippen MR) is 74.2 cm³/mol. The van der Waals surface area contributed by atoms with Crippen molar-refractivity contribution in [2.24, 2.45) is 11.7 Å². The summed E-state index contributed by atoms with van der Waals surface area (Å²) < 4.78 is 40.9. The topological polar surface area (TPSA) is 84.7 Å². The highest BCUT2D eigenvalue weighted by Gasteiger charge is 2.32. The number of hydrogen-bond acceptors (Lipinski definition) is 3. The minimum Gasteiger partial charge on any atom is -0.405 e. The van der Waals surface area contributed by atoms with Crippen LogP contribution in [-0.4, -0.2) is 36.3 Å². The molecule has 3 N–H and O–H groups in total. The van der Waals surface area contributed by atoms with Crippen molar-refractivity contribution in [3.05, 3.63) is 29.8 Å². The van der Waals surface area contributed by atoms with Crippen LogP contribution in [0.25, 0.3) is 0 Å². The van der Waals surface area contributed by atoms with Crippen LogP contribution in [0.5, 0.6) is 5.75 Å². The molecular weight excluding hydrogens is 315 g/mol. The number of urea groups is 1. The minimum atomic E-state index is -4.80. The summed E-state index contributed by atoms with van der Waals surface area (Å²) in [7, 11) is 0. The number of nitrogens with zero attached hydrogens (tertiary/aromatic N) is 1. The highest BCUT2D eigenvalue weighted by molar-refractivity contribution is 5.80. The van der Waals surface area contributed by atoms with E-state index in [9.17, 15) is 22.8 Å². The van der Waals surface area contributed by atoms with Crippen molar-refractivity contribution < 1.29 is 27.5 Å². The summed E-state index contributed by atoms with van der Waals surface area (Å²) in [5.41, 5.74) is 5.38. The number of halogens is 3. The zero-order chi connectivity index (χ0) is 17.0. The molecule has 1 aromatic rings. The molecule has 1 aliphatic heterocycles. The number of amides is 3. The largest absolute Gasteiger partial charge is 0.573 e. The first-order valence-corrected chi connectivity index (χ1v) is 6.92. The summed E-state index contributed by atoms with van der Waals surface area (Å²) in [6.45, 7) is 0.463. The fourth-order valence-corrected chi connectivity index (χ4v) is 2.33. The molecule has 1 saturated heterocycles. The Morgan fingerprint density at radius 1 is 1.35 bits per heavy atom. The maximum atomic E-state index is 12.3. The van der Waals surface area contributed by atoms with Gasteiger partial charge in [0.25, 0.3) is 0 Å². The van der Waals surface area contributed by atoms with E-state index in [1.165, 1.54) is 23.1 Å². The van der Waals surface area contributed by atoms with Gasteiger partial charge in [0.15, 0.2) is 0 Å². The van der Waals surface area contributed by atoms with Crippen LogP contribution in [0.4, 0.5) is 18.0 Å². The third kappa shape index (κ3) is 4.76. The number of nitrogens with two attached hydrogens (primary N) is 1. The second kappa shape index (κ2) is 6.76. The van der Waals surface area contributed by atoms with Gasteiger partial charge in [-0.1, -0.05) is 18.2 Å². The molecular formula is C14H16F3N3O3. The minimum absolute atomic E-state index is 0.122. The number of hydrogen-bond donors (Lipinski definition) is 2. The van der Waals surface area contributed by atoms with Crippen LogP contribution in [0.1, 0.15) is 12.0 Å². The van der Waals surface area contributed by atoms with Gasteiger partial charge in [-0.15, -0.1) is 13.2 Å². The van der Waals surface area contributed by atoms with Gasteiger partial charge in [-0.3, -0.25) is 4.79 Å². The number of para-hydroxylation sites is 1. The molecule has 0 bridgehead atoms. The van der Waals surface area contributed by atoms with Gasteiger partial charge in [0, 0.05) is 25.2 Å². The first-order valence-electron chi connectivity index (χ1n) is 6.92. The zero-order valence-electron chi connectivity index (χ0n) is 12.1. The van der Waals surface area contributed by atoms with Crippen molar-refractivity contribution in [2.75, 3.05) is 13.1 Å². The summed E-state index contributed by atoms with van der Waals surface area (Å²) in [4.78, 5) is 24.5. The number of carbonyl (C=O) groups is 2. The smallest absolute Gasteiger partial charge is 0.405 e. The van der Waals surface area contributed by atoms with E-state index < -0.39 is 18.3 Å². The van der Waals surface area contributed by atoms with Crippen LogP contribution >= 0.6 is 0 Å². The molecule has 1 fully saturated rings. The monoisotopic (exact) mass is 331 g/mol. The van der Waals surface area contributed by atoms with E-state index in [2.05, 4.69) is 10.1 Å². The lowest BCUT2D eigenvalue weighted by Gasteiger charge is -2.18. The lowest BCUT2D eigenvalue weighted by molar-refractivity contribution is -0.274. The molecule has 0 radical (unpaired) electrons. The first kappa shape index (κ1) is 16.9. The molecule has 0 saturated carbocycles. The summed E-state index contributed by atoms with van der Waals surface area (Å²) in [5, 5.41) is 2.51. The Kier molecular flexibility index (Phi) is 4.97. The summed E-state index contributed by atoms with van der Waals surface area (Å²) in [5.74, 6) is -1.22. The average Bonchev–Trinajstić information content (AvgIpc) is 2.94. The van der Waals surface area contributed by atoms with E-state index >= 15 is 0 Å². The quantitative estimate of drug-likeness (QED) is 0.879. The van der Waals surface area contributed by atoms with Gasteiger partial charge in [-0.2, -0.15) is 0 Å². The summed E-state index contributed by atoms with van der Waals surface area (Å²) in [6.07, 6.45) is -4.32. The fourth-order valence-electron chi connectivity index (χ4n) is 2.33. The molecule has 1 heterocycles. The Hall–Kier alpha value is -2.45. The number of alkyl halides is 3.